The molecule has 0 aromatic heterocycles. The Balaban J connectivity index is 2.30. The average Bonchev–Trinajstić information content (AvgIpc) is 2.64. The first-order valence-corrected chi connectivity index (χ1v) is 8.18. The lowest BCUT2D eigenvalue weighted by molar-refractivity contribution is 0.123. The second kappa shape index (κ2) is 7.70. The summed E-state index contributed by atoms with van der Waals surface area (Å²) >= 11 is 0. The molecule has 0 radical (unpaired) electrons. The standard InChI is InChI=1S/C21H17F4NO/c1-13-8-9-16(14-6-4-3-5-7-14)21(26(13)12-19(24)25)20-17(22)10-15(27-2)11-18(20)23/h3-11,19H,1,12H2,2H3. The summed E-state index contributed by atoms with van der Waals surface area (Å²) in [7, 11) is 1.29. The van der Waals surface area contributed by atoms with Gasteiger partial charge in [-0.25, -0.2) is 17.6 Å². The molecule has 3 rings (SSSR count). The fraction of sp³-hybridized carbons (Fsp3) is 0.143. The number of alkyl halides is 2. The molecule has 0 fully saturated rings. The Bertz CT molecular complexity index is 896. The Labute approximate surface area is 154 Å². The molecular weight excluding hydrogens is 358 g/mol. The monoisotopic (exact) mass is 375 g/mol. The Morgan fingerprint density at radius 2 is 1.67 bits per heavy atom. The van der Waals surface area contributed by atoms with Crippen LogP contribution < -0.4 is 4.74 Å². The van der Waals surface area contributed by atoms with Crippen molar-refractivity contribution in [2.75, 3.05) is 13.7 Å². The molecule has 2 nitrogen and oxygen atoms in total. The number of nitrogens with zero attached hydrogens (tertiary/aromatic N) is 1. The molecule has 0 N–H and O–H groups in total. The molecular formula is C21H17F4NO. The van der Waals surface area contributed by atoms with E-state index in [0.29, 0.717) is 11.1 Å². The van der Waals surface area contributed by atoms with Gasteiger partial charge in [-0.3, -0.25) is 0 Å². The van der Waals surface area contributed by atoms with Gasteiger partial charge in [-0.05, 0) is 11.6 Å². The van der Waals surface area contributed by atoms with Crippen molar-refractivity contribution in [2.24, 2.45) is 0 Å². The van der Waals surface area contributed by atoms with Crippen LogP contribution >= 0.6 is 0 Å². The largest absolute Gasteiger partial charge is 0.497 e. The molecule has 6 heteroatoms. The van der Waals surface area contributed by atoms with Crippen molar-refractivity contribution in [3.63, 3.8) is 0 Å². The maximum atomic E-state index is 14.8. The molecule has 0 unspecified atom stereocenters. The highest BCUT2D eigenvalue weighted by Crippen LogP contribution is 2.39. The minimum Gasteiger partial charge on any atom is -0.497 e. The van der Waals surface area contributed by atoms with Gasteiger partial charge in [-0.2, -0.15) is 0 Å². The van der Waals surface area contributed by atoms with Crippen molar-refractivity contribution in [3.05, 3.63) is 89.7 Å². The Hall–Kier alpha value is -3.02. The van der Waals surface area contributed by atoms with Crippen LogP contribution in [-0.4, -0.2) is 25.0 Å². The molecule has 1 aliphatic heterocycles. The molecule has 27 heavy (non-hydrogen) atoms. The first kappa shape index (κ1) is 18.8. The van der Waals surface area contributed by atoms with Crippen LogP contribution in [0.3, 0.4) is 0 Å². The smallest absolute Gasteiger partial charge is 0.256 e. The third-order valence-electron chi connectivity index (χ3n) is 4.21. The first-order valence-electron chi connectivity index (χ1n) is 8.18. The number of rotatable bonds is 5. The van der Waals surface area contributed by atoms with E-state index in [0.717, 1.165) is 17.0 Å². The molecule has 0 aliphatic carbocycles. The fourth-order valence-electron chi connectivity index (χ4n) is 3.00. The molecule has 0 atom stereocenters. The van der Waals surface area contributed by atoms with Crippen molar-refractivity contribution in [2.45, 2.75) is 6.43 Å². The second-order valence-corrected chi connectivity index (χ2v) is 5.92. The summed E-state index contributed by atoms with van der Waals surface area (Å²) < 4.78 is 60.8. The van der Waals surface area contributed by atoms with E-state index in [1.807, 2.05) is 0 Å². The summed E-state index contributed by atoms with van der Waals surface area (Å²) in [4.78, 5) is 1.14. The molecule has 0 amide bonds. The van der Waals surface area contributed by atoms with Gasteiger partial charge in [0, 0.05) is 23.4 Å². The van der Waals surface area contributed by atoms with E-state index < -0.39 is 30.2 Å². The predicted octanol–water partition coefficient (Wildman–Crippen LogP) is 5.49. The SMILES string of the molecule is C=C1C=CC(c2ccccc2)=C(c2c(F)cc(OC)cc2F)N1CC(F)F. The number of ether oxygens (including phenoxy) is 1. The van der Waals surface area contributed by atoms with Gasteiger partial charge in [-0.1, -0.05) is 43.0 Å². The quantitative estimate of drug-likeness (QED) is 0.641. The lowest BCUT2D eigenvalue weighted by Crippen LogP contribution is -2.29. The first-order chi connectivity index (χ1) is 12.9. The highest BCUT2D eigenvalue weighted by Gasteiger charge is 2.29. The summed E-state index contributed by atoms with van der Waals surface area (Å²) in [5, 5.41) is 0. The van der Waals surface area contributed by atoms with E-state index >= 15 is 0 Å². The van der Waals surface area contributed by atoms with Crippen LogP contribution in [0.25, 0.3) is 11.3 Å². The number of hydrogen-bond acceptors (Lipinski definition) is 2. The lowest BCUT2D eigenvalue weighted by atomic mass is 9.94. The Kier molecular flexibility index (Phi) is 5.35. The van der Waals surface area contributed by atoms with Gasteiger partial charge in [0.25, 0.3) is 6.43 Å². The summed E-state index contributed by atoms with van der Waals surface area (Å²) in [6.45, 7) is 3.01. The molecule has 0 saturated carbocycles. The molecule has 140 valence electrons. The van der Waals surface area contributed by atoms with Crippen LogP contribution in [0.5, 0.6) is 5.75 Å². The number of benzene rings is 2. The fourth-order valence-corrected chi connectivity index (χ4v) is 3.00. The highest BCUT2D eigenvalue weighted by molar-refractivity contribution is 5.97. The van der Waals surface area contributed by atoms with Crippen molar-refractivity contribution >= 4 is 11.3 Å². The van der Waals surface area contributed by atoms with Gasteiger partial charge in [-0.15, -0.1) is 0 Å². The zero-order valence-electron chi connectivity index (χ0n) is 14.6. The molecule has 2 aromatic rings. The summed E-state index contributed by atoms with van der Waals surface area (Å²) in [6, 6.07) is 10.8. The molecule has 0 saturated heterocycles. The van der Waals surface area contributed by atoms with Crippen molar-refractivity contribution < 1.29 is 22.3 Å². The number of methoxy groups -OCH3 is 1. The van der Waals surface area contributed by atoms with Gasteiger partial charge in [0.1, 0.15) is 17.4 Å². The van der Waals surface area contributed by atoms with Crippen molar-refractivity contribution in [1.29, 1.82) is 0 Å². The third-order valence-corrected chi connectivity index (χ3v) is 4.21. The number of hydrogen-bond donors (Lipinski definition) is 0. The minimum atomic E-state index is -2.72. The summed E-state index contributed by atoms with van der Waals surface area (Å²) in [5.74, 6) is -1.81. The van der Waals surface area contributed by atoms with E-state index in [1.165, 1.54) is 7.11 Å². The second-order valence-electron chi connectivity index (χ2n) is 5.92. The van der Waals surface area contributed by atoms with Crippen LogP contribution in [0, 0.1) is 11.6 Å². The van der Waals surface area contributed by atoms with Gasteiger partial charge in [0.05, 0.1) is 24.9 Å². The van der Waals surface area contributed by atoms with E-state index in [-0.39, 0.29) is 17.1 Å². The molecule has 2 aromatic carbocycles. The Morgan fingerprint density at radius 3 is 2.22 bits per heavy atom. The maximum absolute atomic E-state index is 14.8. The van der Waals surface area contributed by atoms with Gasteiger partial charge < -0.3 is 9.64 Å². The van der Waals surface area contributed by atoms with E-state index in [1.54, 1.807) is 42.5 Å². The zero-order chi connectivity index (χ0) is 19.6. The predicted molar refractivity (Wildman–Crippen MR) is 97.2 cm³/mol. The summed E-state index contributed by atoms with van der Waals surface area (Å²) in [6.07, 6.45) is 0.454. The Morgan fingerprint density at radius 1 is 1.04 bits per heavy atom. The molecule has 0 bridgehead atoms. The van der Waals surface area contributed by atoms with Gasteiger partial charge in [0.2, 0.25) is 0 Å². The topological polar surface area (TPSA) is 12.5 Å². The zero-order valence-corrected chi connectivity index (χ0v) is 14.6. The maximum Gasteiger partial charge on any atom is 0.256 e. The van der Waals surface area contributed by atoms with Crippen LogP contribution in [0.1, 0.15) is 11.1 Å². The van der Waals surface area contributed by atoms with E-state index in [4.69, 9.17) is 4.74 Å². The van der Waals surface area contributed by atoms with Crippen LogP contribution in [0.4, 0.5) is 17.6 Å². The van der Waals surface area contributed by atoms with Gasteiger partial charge in [0.15, 0.2) is 0 Å². The minimum absolute atomic E-state index is 0.00111. The van der Waals surface area contributed by atoms with Crippen molar-refractivity contribution in [1.82, 2.24) is 4.90 Å². The van der Waals surface area contributed by atoms with E-state index in [9.17, 15) is 17.6 Å². The highest BCUT2D eigenvalue weighted by atomic mass is 19.3. The van der Waals surface area contributed by atoms with Crippen LogP contribution in [-0.2, 0) is 0 Å². The lowest BCUT2D eigenvalue weighted by Gasteiger charge is -2.33. The number of allylic oxidation sites excluding steroid dienone is 3. The van der Waals surface area contributed by atoms with E-state index in [2.05, 4.69) is 6.58 Å². The van der Waals surface area contributed by atoms with Gasteiger partial charge >= 0.3 is 0 Å². The molecule has 1 heterocycles. The average molecular weight is 375 g/mol. The molecule has 1 aliphatic rings. The molecule has 0 spiro atoms. The van der Waals surface area contributed by atoms with Crippen LogP contribution in [0.2, 0.25) is 0 Å². The third kappa shape index (κ3) is 3.74. The van der Waals surface area contributed by atoms with Crippen molar-refractivity contribution in [3.8, 4) is 5.75 Å². The van der Waals surface area contributed by atoms with Crippen LogP contribution in [0.15, 0.2) is 66.9 Å². The normalized spacial score (nSPS) is 14.3. The summed E-state index contributed by atoms with van der Waals surface area (Å²) in [5.41, 5.74) is 0.892. The number of halogens is 4.